The minimum absolute atomic E-state index is 0.320. The summed E-state index contributed by atoms with van der Waals surface area (Å²) < 4.78 is 5.18. The number of H-pyrrole nitrogens is 1. The molecule has 0 amide bonds. The lowest BCUT2D eigenvalue weighted by Gasteiger charge is -2.21. The van der Waals surface area contributed by atoms with Crippen LogP contribution in [0.25, 0.3) is 11.0 Å². The van der Waals surface area contributed by atoms with Crippen molar-refractivity contribution in [2.24, 2.45) is 11.8 Å². The zero-order valence-electron chi connectivity index (χ0n) is 13.3. The molecule has 5 heteroatoms. The molecule has 3 unspecified atom stereocenters. The molecule has 1 aliphatic carbocycles. The smallest absolute Gasteiger partial charge is 0.341 e. The molecule has 118 valence electrons. The number of carbonyl (C=O) groups is 1. The Hall–Kier alpha value is -2.04. The fourth-order valence-electron chi connectivity index (χ4n) is 3.47. The van der Waals surface area contributed by atoms with Crippen LogP contribution in [0.15, 0.2) is 18.5 Å². The van der Waals surface area contributed by atoms with Gasteiger partial charge in [0.1, 0.15) is 11.2 Å². The molecule has 5 nitrogen and oxygen atoms in total. The number of aromatic nitrogens is 2. The van der Waals surface area contributed by atoms with Gasteiger partial charge < -0.3 is 15.0 Å². The van der Waals surface area contributed by atoms with Crippen LogP contribution in [-0.2, 0) is 4.74 Å². The van der Waals surface area contributed by atoms with Crippen molar-refractivity contribution in [1.29, 1.82) is 0 Å². The van der Waals surface area contributed by atoms with Gasteiger partial charge in [-0.05, 0) is 37.7 Å². The number of ether oxygens (including phenoxy) is 1. The van der Waals surface area contributed by atoms with Gasteiger partial charge in [-0.1, -0.05) is 13.8 Å². The number of hydrogen-bond donors (Lipinski definition) is 2. The molecule has 3 rings (SSSR count). The minimum atomic E-state index is -0.320. The number of carbonyl (C=O) groups excluding carboxylic acids is 1. The summed E-state index contributed by atoms with van der Waals surface area (Å²) in [7, 11) is 0. The molecular weight excluding hydrogens is 278 g/mol. The molecular formula is C17H23N3O2. The van der Waals surface area contributed by atoms with E-state index in [4.69, 9.17) is 4.74 Å². The number of rotatable bonds is 4. The lowest BCUT2D eigenvalue weighted by molar-refractivity contribution is 0.0527. The molecule has 0 radical (unpaired) electrons. The zero-order valence-corrected chi connectivity index (χ0v) is 13.3. The molecule has 0 aliphatic heterocycles. The second-order valence-electron chi connectivity index (χ2n) is 6.31. The molecule has 2 aromatic heterocycles. The van der Waals surface area contributed by atoms with Gasteiger partial charge in [0.15, 0.2) is 0 Å². The van der Waals surface area contributed by atoms with E-state index < -0.39 is 0 Å². The maximum absolute atomic E-state index is 12.2. The molecule has 22 heavy (non-hydrogen) atoms. The summed E-state index contributed by atoms with van der Waals surface area (Å²) in [4.78, 5) is 19.7. The molecule has 1 saturated carbocycles. The summed E-state index contributed by atoms with van der Waals surface area (Å²) in [5.74, 6) is 0.980. The largest absolute Gasteiger partial charge is 0.462 e. The summed E-state index contributed by atoms with van der Waals surface area (Å²) in [6.07, 6.45) is 5.78. The van der Waals surface area contributed by atoms with E-state index in [9.17, 15) is 4.79 Å². The van der Waals surface area contributed by atoms with Crippen LogP contribution in [0.1, 0.15) is 44.0 Å². The van der Waals surface area contributed by atoms with E-state index in [1.54, 1.807) is 6.20 Å². The molecule has 0 bridgehead atoms. The molecule has 0 saturated heterocycles. The predicted molar refractivity (Wildman–Crippen MR) is 87.0 cm³/mol. The van der Waals surface area contributed by atoms with Crippen molar-refractivity contribution in [2.45, 2.75) is 39.7 Å². The highest BCUT2D eigenvalue weighted by atomic mass is 16.5. The molecule has 3 atom stereocenters. The van der Waals surface area contributed by atoms with Crippen molar-refractivity contribution < 1.29 is 9.53 Å². The van der Waals surface area contributed by atoms with Crippen molar-refractivity contribution in [3.05, 3.63) is 24.0 Å². The first kappa shape index (κ1) is 14.9. The van der Waals surface area contributed by atoms with Crippen LogP contribution in [0.5, 0.6) is 0 Å². The van der Waals surface area contributed by atoms with E-state index in [1.165, 1.54) is 6.42 Å². The van der Waals surface area contributed by atoms with E-state index in [-0.39, 0.29) is 5.97 Å². The maximum Gasteiger partial charge on any atom is 0.341 e. The number of hydrogen-bond acceptors (Lipinski definition) is 4. The predicted octanol–water partition coefficient (Wildman–Crippen LogP) is 3.59. The van der Waals surface area contributed by atoms with Gasteiger partial charge in [0.2, 0.25) is 0 Å². The standard InChI is InChI=1S/C17H23N3O2/c1-4-22-17(21)13-9-19-16-12(5-6-18-16)15(13)20-14-8-10(2)7-11(14)3/h5-6,9-11,14H,4,7-8H2,1-3H3,(H2,18,19,20). The molecule has 2 N–H and O–H groups in total. The van der Waals surface area contributed by atoms with Crippen LogP contribution in [0.4, 0.5) is 5.69 Å². The third kappa shape index (κ3) is 2.67. The Kier molecular flexibility index (Phi) is 4.05. The summed E-state index contributed by atoms with van der Waals surface area (Å²) in [5.41, 5.74) is 2.14. The Balaban J connectivity index is 1.99. The summed E-state index contributed by atoms with van der Waals surface area (Å²) in [6.45, 7) is 6.72. The van der Waals surface area contributed by atoms with Crippen molar-refractivity contribution in [3.8, 4) is 0 Å². The third-order valence-corrected chi connectivity index (χ3v) is 4.53. The Labute approximate surface area is 130 Å². The second-order valence-corrected chi connectivity index (χ2v) is 6.31. The van der Waals surface area contributed by atoms with E-state index in [0.29, 0.717) is 30.0 Å². The van der Waals surface area contributed by atoms with Gasteiger partial charge in [-0.25, -0.2) is 9.78 Å². The monoisotopic (exact) mass is 301 g/mol. The first-order valence-corrected chi connectivity index (χ1v) is 7.99. The van der Waals surface area contributed by atoms with Crippen molar-refractivity contribution in [3.63, 3.8) is 0 Å². The fourth-order valence-corrected chi connectivity index (χ4v) is 3.47. The molecule has 2 aromatic rings. The molecule has 1 aliphatic rings. The Morgan fingerprint density at radius 2 is 2.27 bits per heavy atom. The number of esters is 1. The Morgan fingerprint density at radius 1 is 1.45 bits per heavy atom. The Morgan fingerprint density at radius 3 is 2.95 bits per heavy atom. The van der Waals surface area contributed by atoms with Crippen LogP contribution >= 0.6 is 0 Å². The van der Waals surface area contributed by atoms with Gasteiger partial charge in [0.05, 0.1) is 12.3 Å². The van der Waals surface area contributed by atoms with E-state index in [1.807, 2.05) is 19.2 Å². The van der Waals surface area contributed by atoms with E-state index in [0.717, 1.165) is 23.1 Å². The zero-order chi connectivity index (χ0) is 15.7. The molecule has 2 heterocycles. The molecule has 0 aromatic carbocycles. The summed E-state index contributed by atoms with van der Waals surface area (Å²) in [5, 5.41) is 4.54. The van der Waals surface area contributed by atoms with Gasteiger partial charge in [-0.15, -0.1) is 0 Å². The van der Waals surface area contributed by atoms with Crippen molar-refractivity contribution >= 4 is 22.7 Å². The molecule has 0 spiro atoms. The first-order valence-electron chi connectivity index (χ1n) is 7.99. The van der Waals surface area contributed by atoms with Gasteiger partial charge in [-0.3, -0.25) is 0 Å². The number of pyridine rings is 1. The van der Waals surface area contributed by atoms with E-state index >= 15 is 0 Å². The van der Waals surface area contributed by atoms with Crippen LogP contribution in [0, 0.1) is 11.8 Å². The van der Waals surface area contributed by atoms with Gasteiger partial charge in [0, 0.05) is 23.8 Å². The summed E-state index contributed by atoms with van der Waals surface area (Å²) in [6, 6.07) is 2.33. The fraction of sp³-hybridized carbons (Fsp3) is 0.529. The first-order chi connectivity index (χ1) is 10.6. The van der Waals surface area contributed by atoms with E-state index in [2.05, 4.69) is 29.1 Å². The highest BCUT2D eigenvalue weighted by Gasteiger charge is 2.30. The van der Waals surface area contributed by atoms with Crippen LogP contribution in [0.2, 0.25) is 0 Å². The number of fused-ring (bicyclic) bond motifs is 1. The Bertz CT molecular complexity index is 680. The number of nitrogens with zero attached hydrogens (tertiary/aromatic N) is 1. The van der Waals surface area contributed by atoms with Crippen molar-refractivity contribution in [2.75, 3.05) is 11.9 Å². The summed E-state index contributed by atoms with van der Waals surface area (Å²) >= 11 is 0. The van der Waals surface area contributed by atoms with Crippen molar-refractivity contribution in [1.82, 2.24) is 9.97 Å². The normalized spacial score (nSPS) is 24.6. The second kappa shape index (κ2) is 5.99. The highest BCUT2D eigenvalue weighted by Crippen LogP contribution is 2.35. The third-order valence-electron chi connectivity index (χ3n) is 4.53. The van der Waals surface area contributed by atoms with Crippen LogP contribution in [-0.4, -0.2) is 28.6 Å². The number of nitrogens with one attached hydrogen (secondary N) is 2. The van der Waals surface area contributed by atoms with Gasteiger partial charge in [0.25, 0.3) is 0 Å². The minimum Gasteiger partial charge on any atom is -0.462 e. The van der Waals surface area contributed by atoms with Gasteiger partial charge in [-0.2, -0.15) is 0 Å². The van der Waals surface area contributed by atoms with Gasteiger partial charge >= 0.3 is 5.97 Å². The topological polar surface area (TPSA) is 67.0 Å². The average Bonchev–Trinajstić information content (AvgIpc) is 3.06. The van der Waals surface area contributed by atoms with Crippen LogP contribution < -0.4 is 5.32 Å². The lowest BCUT2D eigenvalue weighted by Crippen LogP contribution is -2.24. The highest BCUT2D eigenvalue weighted by molar-refractivity contribution is 6.04. The van der Waals surface area contributed by atoms with Crippen LogP contribution in [0.3, 0.4) is 0 Å². The average molecular weight is 301 g/mol. The quantitative estimate of drug-likeness (QED) is 0.847. The SMILES string of the molecule is CCOC(=O)c1cnc2[nH]ccc2c1NC1CC(C)CC1C. The lowest BCUT2D eigenvalue weighted by atomic mass is 10.0. The number of anilines is 1. The number of aromatic amines is 1. The molecule has 1 fully saturated rings. The maximum atomic E-state index is 12.2.